The van der Waals surface area contributed by atoms with E-state index in [4.69, 9.17) is 11.6 Å². The smallest absolute Gasteiger partial charge is 0.221 e. The lowest BCUT2D eigenvalue weighted by atomic mass is 10.1. The van der Waals surface area contributed by atoms with Crippen LogP contribution in [0.3, 0.4) is 0 Å². The maximum Gasteiger partial charge on any atom is 0.221 e. The average molecular weight is 395 g/mol. The highest BCUT2D eigenvalue weighted by molar-refractivity contribution is 7.88. The van der Waals surface area contributed by atoms with Gasteiger partial charge in [0.1, 0.15) is 0 Å². The largest absolute Gasteiger partial charge is 0.352 e. The van der Waals surface area contributed by atoms with E-state index in [1.807, 2.05) is 55.5 Å². The third kappa shape index (κ3) is 5.83. The Bertz CT molecular complexity index is 841. The monoisotopic (exact) mass is 394 g/mol. The lowest BCUT2D eigenvalue weighted by molar-refractivity contribution is -0.121. The molecule has 0 spiro atoms. The number of nitrogens with one attached hydrogen (secondary N) is 1. The molecule has 2 aromatic rings. The van der Waals surface area contributed by atoms with Gasteiger partial charge in [0, 0.05) is 30.6 Å². The Labute approximate surface area is 160 Å². The topological polar surface area (TPSA) is 66.5 Å². The van der Waals surface area contributed by atoms with Gasteiger partial charge in [-0.2, -0.15) is 4.31 Å². The molecule has 0 aromatic heterocycles. The van der Waals surface area contributed by atoms with Crippen LogP contribution in [0.5, 0.6) is 0 Å². The van der Waals surface area contributed by atoms with Gasteiger partial charge in [0.15, 0.2) is 0 Å². The van der Waals surface area contributed by atoms with E-state index in [1.165, 1.54) is 4.31 Å². The second-order valence-corrected chi connectivity index (χ2v) is 8.42. The van der Waals surface area contributed by atoms with E-state index < -0.39 is 10.0 Å². The van der Waals surface area contributed by atoms with Crippen molar-refractivity contribution in [2.75, 3.05) is 12.8 Å². The molecule has 0 aliphatic rings. The fraction of sp³-hybridized carbons (Fsp3) is 0.316. The molecular weight excluding hydrogens is 372 g/mol. The average Bonchev–Trinajstić information content (AvgIpc) is 2.60. The zero-order valence-corrected chi connectivity index (χ0v) is 16.4. The van der Waals surface area contributed by atoms with Crippen LogP contribution in [0.1, 0.15) is 30.5 Å². The van der Waals surface area contributed by atoms with Crippen LogP contribution in [-0.2, 0) is 21.4 Å². The van der Waals surface area contributed by atoms with Crippen LogP contribution in [0.2, 0.25) is 5.02 Å². The number of carbonyl (C=O) groups excluding carboxylic acids is 1. The highest BCUT2D eigenvalue weighted by atomic mass is 35.5. The van der Waals surface area contributed by atoms with Crippen LogP contribution in [-0.4, -0.2) is 31.4 Å². The van der Waals surface area contributed by atoms with E-state index in [0.29, 0.717) is 11.6 Å². The zero-order chi connectivity index (χ0) is 19.2. The zero-order valence-electron chi connectivity index (χ0n) is 14.9. The SMILES string of the molecule is CC(c1ccccc1)N(CCC(=O)NCc1ccccc1Cl)S(C)(=O)=O. The molecule has 0 aliphatic carbocycles. The summed E-state index contributed by atoms with van der Waals surface area (Å²) in [5.74, 6) is -0.223. The Hall–Kier alpha value is -1.89. The van der Waals surface area contributed by atoms with Crippen LogP contribution >= 0.6 is 11.6 Å². The van der Waals surface area contributed by atoms with E-state index in [0.717, 1.165) is 17.4 Å². The first-order chi connectivity index (χ1) is 12.3. The summed E-state index contributed by atoms with van der Waals surface area (Å²) in [5.41, 5.74) is 1.70. The van der Waals surface area contributed by atoms with Crippen molar-refractivity contribution >= 4 is 27.5 Å². The maximum atomic E-state index is 12.2. The predicted octanol–water partition coefficient (Wildman–Crippen LogP) is 3.37. The molecule has 0 radical (unpaired) electrons. The van der Waals surface area contributed by atoms with E-state index in [-0.39, 0.29) is 24.9 Å². The molecule has 0 saturated heterocycles. The molecule has 1 unspecified atom stereocenters. The molecule has 1 amide bonds. The Kier molecular flexibility index (Phi) is 7.20. The normalized spacial score (nSPS) is 12.8. The minimum absolute atomic E-state index is 0.0781. The molecule has 5 nitrogen and oxygen atoms in total. The summed E-state index contributed by atoms with van der Waals surface area (Å²) in [4.78, 5) is 12.1. The molecule has 0 heterocycles. The number of hydrogen-bond acceptors (Lipinski definition) is 3. The number of hydrogen-bond donors (Lipinski definition) is 1. The minimum Gasteiger partial charge on any atom is -0.352 e. The van der Waals surface area contributed by atoms with Gasteiger partial charge in [0.25, 0.3) is 0 Å². The van der Waals surface area contributed by atoms with Crippen molar-refractivity contribution in [1.29, 1.82) is 0 Å². The van der Waals surface area contributed by atoms with Crippen molar-refractivity contribution in [3.05, 3.63) is 70.7 Å². The molecule has 2 rings (SSSR count). The summed E-state index contributed by atoms with van der Waals surface area (Å²) >= 11 is 6.07. The molecule has 1 N–H and O–H groups in total. The summed E-state index contributed by atoms with van der Waals surface area (Å²) in [5, 5.41) is 3.37. The van der Waals surface area contributed by atoms with Gasteiger partial charge in [-0.15, -0.1) is 0 Å². The fourth-order valence-corrected chi connectivity index (χ4v) is 4.00. The van der Waals surface area contributed by atoms with Crippen molar-refractivity contribution in [3.8, 4) is 0 Å². The second kappa shape index (κ2) is 9.16. The maximum absolute atomic E-state index is 12.2. The number of carbonyl (C=O) groups is 1. The van der Waals surface area contributed by atoms with E-state index >= 15 is 0 Å². The number of rotatable bonds is 8. The summed E-state index contributed by atoms with van der Waals surface area (Å²) in [6.45, 7) is 2.24. The molecule has 2 aromatic carbocycles. The predicted molar refractivity (Wildman–Crippen MR) is 104 cm³/mol. The highest BCUT2D eigenvalue weighted by Gasteiger charge is 2.25. The van der Waals surface area contributed by atoms with E-state index in [1.54, 1.807) is 6.07 Å². The molecule has 140 valence electrons. The van der Waals surface area contributed by atoms with Gasteiger partial charge in [0.2, 0.25) is 15.9 Å². The van der Waals surface area contributed by atoms with Gasteiger partial charge in [-0.25, -0.2) is 8.42 Å². The Morgan fingerprint density at radius 3 is 2.35 bits per heavy atom. The molecule has 7 heteroatoms. The summed E-state index contributed by atoms with van der Waals surface area (Å²) in [6.07, 6.45) is 1.24. The van der Waals surface area contributed by atoms with E-state index in [9.17, 15) is 13.2 Å². The molecule has 26 heavy (non-hydrogen) atoms. The third-order valence-corrected chi connectivity index (χ3v) is 5.85. The Morgan fingerprint density at radius 2 is 1.73 bits per heavy atom. The van der Waals surface area contributed by atoms with Gasteiger partial charge < -0.3 is 5.32 Å². The molecular formula is C19H23ClN2O3S. The van der Waals surface area contributed by atoms with Gasteiger partial charge in [-0.1, -0.05) is 60.1 Å². The number of nitrogens with zero attached hydrogens (tertiary/aromatic N) is 1. The lowest BCUT2D eigenvalue weighted by Crippen LogP contribution is -2.36. The number of halogens is 1. The van der Waals surface area contributed by atoms with Gasteiger partial charge in [-0.05, 0) is 24.1 Å². The quantitative estimate of drug-likeness (QED) is 0.746. The molecule has 0 bridgehead atoms. The first kappa shape index (κ1) is 20.4. The van der Waals surface area contributed by atoms with Gasteiger partial charge in [0.05, 0.1) is 6.26 Å². The van der Waals surface area contributed by atoms with Crippen LogP contribution in [0, 0.1) is 0 Å². The summed E-state index contributed by atoms with van der Waals surface area (Å²) < 4.78 is 25.7. The minimum atomic E-state index is -3.45. The summed E-state index contributed by atoms with van der Waals surface area (Å²) in [6, 6.07) is 16.3. The summed E-state index contributed by atoms with van der Waals surface area (Å²) in [7, 11) is -3.45. The number of sulfonamides is 1. The molecule has 1 atom stereocenters. The number of benzene rings is 2. The third-order valence-electron chi connectivity index (χ3n) is 4.13. The molecule has 0 fully saturated rings. The molecule has 0 aliphatic heterocycles. The van der Waals surface area contributed by atoms with E-state index in [2.05, 4.69) is 5.32 Å². The van der Waals surface area contributed by atoms with Crippen molar-refractivity contribution in [3.63, 3.8) is 0 Å². The fourth-order valence-electron chi connectivity index (χ4n) is 2.68. The Balaban J connectivity index is 1.97. The molecule has 0 saturated carbocycles. The second-order valence-electron chi connectivity index (χ2n) is 6.08. The van der Waals surface area contributed by atoms with Crippen LogP contribution in [0.15, 0.2) is 54.6 Å². The Morgan fingerprint density at radius 1 is 1.12 bits per heavy atom. The number of amides is 1. The first-order valence-electron chi connectivity index (χ1n) is 8.31. The first-order valence-corrected chi connectivity index (χ1v) is 10.5. The van der Waals surface area contributed by atoms with Crippen molar-refractivity contribution in [2.24, 2.45) is 0 Å². The highest BCUT2D eigenvalue weighted by Crippen LogP contribution is 2.22. The van der Waals surface area contributed by atoms with Crippen molar-refractivity contribution in [2.45, 2.75) is 25.9 Å². The van der Waals surface area contributed by atoms with Crippen LogP contribution < -0.4 is 5.32 Å². The van der Waals surface area contributed by atoms with Gasteiger partial charge >= 0.3 is 0 Å². The lowest BCUT2D eigenvalue weighted by Gasteiger charge is -2.27. The van der Waals surface area contributed by atoms with Crippen molar-refractivity contribution in [1.82, 2.24) is 9.62 Å². The van der Waals surface area contributed by atoms with Gasteiger partial charge in [-0.3, -0.25) is 4.79 Å². The standard InChI is InChI=1S/C19H23ClN2O3S/c1-15(16-8-4-3-5-9-16)22(26(2,24)25)13-12-19(23)21-14-17-10-6-7-11-18(17)20/h3-11,15H,12-14H2,1-2H3,(H,21,23). The van der Waals surface area contributed by atoms with Crippen LogP contribution in [0.4, 0.5) is 0 Å². The van der Waals surface area contributed by atoms with Crippen LogP contribution in [0.25, 0.3) is 0 Å². The van der Waals surface area contributed by atoms with Crippen molar-refractivity contribution < 1.29 is 13.2 Å².